The highest BCUT2D eigenvalue weighted by molar-refractivity contribution is 5.94. The molecular weight excluding hydrogens is 371 g/mol. The highest BCUT2D eigenvalue weighted by atomic mass is 19.1. The molecule has 0 aromatic heterocycles. The van der Waals surface area contributed by atoms with Crippen molar-refractivity contribution in [1.82, 2.24) is 9.80 Å². The van der Waals surface area contributed by atoms with E-state index in [1.165, 1.54) is 17.9 Å². The van der Waals surface area contributed by atoms with E-state index in [2.05, 4.69) is 22.2 Å². The molecule has 3 rings (SSSR count). The van der Waals surface area contributed by atoms with E-state index in [1.807, 2.05) is 24.3 Å². The van der Waals surface area contributed by atoms with Crippen LogP contribution >= 0.6 is 0 Å². The molecule has 2 aromatic rings. The Labute approximate surface area is 170 Å². The van der Waals surface area contributed by atoms with Crippen molar-refractivity contribution >= 4 is 23.2 Å². The molecule has 2 aromatic carbocycles. The molecular formula is C22H27FN4O2. The van der Waals surface area contributed by atoms with E-state index in [4.69, 9.17) is 0 Å². The van der Waals surface area contributed by atoms with Crippen molar-refractivity contribution in [2.45, 2.75) is 13.5 Å². The van der Waals surface area contributed by atoms with Crippen LogP contribution in [0.3, 0.4) is 0 Å². The van der Waals surface area contributed by atoms with E-state index in [-0.39, 0.29) is 24.9 Å². The molecule has 0 unspecified atom stereocenters. The Bertz CT molecular complexity index is 848. The van der Waals surface area contributed by atoms with Crippen LogP contribution in [0, 0.1) is 5.82 Å². The van der Waals surface area contributed by atoms with Crippen molar-refractivity contribution < 1.29 is 14.0 Å². The van der Waals surface area contributed by atoms with Gasteiger partial charge in [-0.3, -0.25) is 9.59 Å². The number of carbonyl (C=O) groups is 2. The van der Waals surface area contributed by atoms with Gasteiger partial charge in [0.2, 0.25) is 11.8 Å². The molecule has 0 saturated carbocycles. The standard InChI is InChI=1S/C22H27FN4O2/c1-17(28)27(15-18-5-3-4-6-21(18)23)16-22(29)24-19-7-9-20(10-8-19)26-13-11-25(2)12-14-26/h3-10H,11-16H2,1-2H3,(H,24,29). The number of nitrogens with one attached hydrogen (secondary N) is 1. The third-order valence-electron chi connectivity index (χ3n) is 5.12. The van der Waals surface area contributed by atoms with Crippen molar-refractivity contribution in [2.24, 2.45) is 0 Å². The molecule has 1 heterocycles. The maximum atomic E-state index is 13.9. The number of nitrogens with zero attached hydrogens (tertiary/aromatic N) is 3. The second-order valence-corrected chi connectivity index (χ2v) is 7.35. The van der Waals surface area contributed by atoms with E-state index in [9.17, 15) is 14.0 Å². The first kappa shape index (κ1) is 20.8. The fraction of sp³-hybridized carbons (Fsp3) is 0.364. The third kappa shape index (κ3) is 5.77. The summed E-state index contributed by atoms with van der Waals surface area (Å²) in [7, 11) is 2.12. The summed E-state index contributed by atoms with van der Waals surface area (Å²) in [5.41, 5.74) is 2.18. The zero-order valence-corrected chi connectivity index (χ0v) is 16.9. The highest BCUT2D eigenvalue weighted by Gasteiger charge is 2.17. The normalized spacial score (nSPS) is 14.5. The van der Waals surface area contributed by atoms with Gasteiger partial charge in [-0.2, -0.15) is 0 Å². The maximum absolute atomic E-state index is 13.9. The van der Waals surface area contributed by atoms with Gasteiger partial charge in [-0.25, -0.2) is 4.39 Å². The highest BCUT2D eigenvalue weighted by Crippen LogP contribution is 2.19. The molecule has 0 atom stereocenters. The van der Waals surface area contributed by atoms with Crippen LogP contribution in [0.4, 0.5) is 15.8 Å². The minimum absolute atomic E-state index is 0.0533. The Morgan fingerprint density at radius 1 is 1.03 bits per heavy atom. The van der Waals surface area contributed by atoms with Crippen molar-refractivity contribution in [3.63, 3.8) is 0 Å². The van der Waals surface area contributed by atoms with Gasteiger partial charge in [-0.1, -0.05) is 18.2 Å². The summed E-state index contributed by atoms with van der Waals surface area (Å²) >= 11 is 0. The first-order valence-corrected chi connectivity index (χ1v) is 9.74. The molecule has 29 heavy (non-hydrogen) atoms. The van der Waals surface area contributed by atoms with Crippen molar-refractivity contribution in [3.05, 3.63) is 59.9 Å². The number of rotatable bonds is 6. The number of likely N-dealkylation sites (N-methyl/N-ethyl adjacent to an activating group) is 1. The molecule has 0 bridgehead atoms. The zero-order valence-electron chi connectivity index (χ0n) is 16.9. The molecule has 2 amide bonds. The van der Waals surface area contributed by atoms with Gasteiger partial charge in [0.1, 0.15) is 12.4 Å². The van der Waals surface area contributed by atoms with E-state index >= 15 is 0 Å². The molecule has 1 fully saturated rings. The lowest BCUT2D eigenvalue weighted by Crippen LogP contribution is -2.44. The molecule has 6 nitrogen and oxygen atoms in total. The Morgan fingerprint density at radius 3 is 2.31 bits per heavy atom. The maximum Gasteiger partial charge on any atom is 0.244 e. The van der Waals surface area contributed by atoms with Crippen molar-refractivity contribution in [1.29, 1.82) is 0 Å². The fourth-order valence-electron chi connectivity index (χ4n) is 3.30. The topological polar surface area (TPSA) is 55.9 Å². The van der Waals surface area contributed by atoms with Gasteiger partial charge < -0.3 is 20.0 Å². The average molecular weight is 398 g/mol. The van der Waals surface area contributed by atoms with Crippen LogP contribution in [0.25, 0.3) is 0 Å². The lowest BCUT2D eigenvalue weighted by Gasteiger charge is -2.34. The summed E-state index contributed by atoms with van der Waals surface area (Å²) in [5, 5.41) is 2.81. The van der Waals surface area contributed by atoms with Crippen LogP contribution in [0.2, 0.25) is 0 Å². The summed E-state index contributed by atoms with van der Waals surface area (Å²) in [6.45, 7) is 5.31. The smallest absolute Gasteiger partial charge is 0.244 e. The minimum Gasteiger partial charge on any atom is -0.369 e. The second-order valence-electron chi connectivity index (χ2n) is 7.35. The number of amides is 2. The summed E-state index contributed by atoms with van der Waals surface area (Å²) in [6, 6.07) is 14.0. The summed E-state index contributed by atoms with van der Waals surface area (Å²) < 4.78 is 13.9. The number of hydrogen-bond acceptors (Lipinski definition) is 4. The van der Waals surface area contributed by atoms with Crippen molar-refractivity contribution in [2.75, 3.05) is 50.0 Å². The number of anilines is 2. The van der Waals surface area contributed by atoms with Gasteiger partial charge in [-0.15, -0.1) is 0 Å². The first-order chi connectivity index (χ1) is 13.9. The van der Waals surface area contributed by atoms with Crippen LogP contribution in [0.15, 0.2) is 48.5 Å². The minimum atomic E-state index is -0.390. The Morgan fingerprint density at radius 2 is 1.69 bits per heavy atom. The zero-order chi connectivity index (χ0) is 20.8. The van der Waals surface area contributed by atoms with Crippen molar-refractivity contribution in [3.8, 4) is 0 Å². The number of carbonyl (C=O) groups excluding carboxylic acids is 2. The lowest BCUT2D eigenvalue weighted by atomic mass is 10.2. The molecule has 0 aliphatic carbocycles. The van der Waals surface area contributed by atoms with Gasteiger partial charge in [0.15, 0.2) is 0 Å². The third-order valence-corrected chi connectivity index (χ3v) is 5.12. The number of piperazine rings is 1. The number of halogens is 1. The van der Waals surface area contributed by atoms with Gasteiger partial charge in [-0.05, 0) is 37.4 Å². The van der Waals surface area contributed by atoms with Gasteiger partial charge >= 0.3 is 0 Å². The SMILES string of the molecule is CC(=O)N(CC(=O)Nc1ccc(N2CCN(C)CC2)cc1)Cc1ccccc1F. The van der Waals surface area contributed by atoms with E-state index in [1.54, 1.807) is 18.2 Å². The van der Waals surface area contributed by atoms with Gasteiger partial charge in [0.05, 0.1) is 0 Å². The van der Waals surface area contributed by atoms with E-state index < -0.39 is 5.82 Å². The van der Waals surface area contributed by atoms with E-state index in [0.29, 0.717) is 11.3 Å². The van der Waals surface area contributed by atoms with Crippen LogP contribution in [0.1, 0.15) is 12.5 Å². The number of hydrogen-bond donors (Lipinski definition) is 1. The molecule has 7 heteroatoms. The van der Waals surface area contributed by atoms with Crippen LogP contribution in [-0.2, 0) is 16.1 Å². The van der Waals surface area contributed by atoms with Crippen LogP contribution < -0.4 is 10.2 Å². The lowest BCUT2D eigenvalue weighted by molar-refractivity contribution is -0.133. The van der Waals surface area contributed by atoms with Crippen LogP contribution in [0.5, 0.6) is 0 Å². The molecule has 0 radical (unpaired) electrons. The van der Waals surface area contributed by atoms with Crippen LogP contribution in [-0.4, -0.2) is 61.4 Å². The first-order valence-electron chi connectivity index (χ1n) is 9.74. The Balaban J connectivity index is 1.57. The molecule has 1 saturated heterocycles. The average Bonchev–Trinajstić information content (AvgIpc) is 2.70. The number of benzene rings is 2. The summed E-state index contributed by atoms with van der Waals surface area (Å²) in [6.07, 6.45) is 0. The molecule has 1 N–H and O–H groups in total. The fourth-order valence-corrected chi connectivity index (χ4v) is 3.30. The van der Waals surface area contributed by atoms with Gasteiger partial charge in [0.25, 0.3) is 0 Å². The molecule has 1 aliphatic rings. The summed E-state index contributed by atoms with van der Waals surface area (Å²) in [4.78, 5) is 30.3. The second kappa shape index (κ2) is 9.52. The molecule has 0 spiro atoms. The predicted molar refractivity (Wildman–Crippen MR) is 112 cm³/mol. The predicted octanol–water partition coefficient (Wildman–Crippen LogP) is 2.56. The summed E-state index contributed by atoms with van der Waals surface area (Å²) in [5.74, 6) is -0.989. The monoisotopic (exact) mass is 398 g/mol. The molecule has 1 aliphatic heterocycles. The Hall–Kier alpha value is -2.93. The van der Waals surface area contributed by atoms with Gasteiger partial charge in [0, 0.05) is 56.6 Å². The molecule has 154 valence electrons. The van der Waals surface area contributed by atoms with E-state index in [0.717, 1.165) is 31.9 Å². The Kier molecular flexibility index (Phi) is 6.82. The quantitative estimate of drug-likeness (QED) is 0.813. The largest absolute Gasteiger partial charge is 0.369 e.